The predicted octanol–water partition coefficient (Wildman–Crippen LogP) is 3.91. The highest BCUT2D eigenvalue weighted by Crippen LogP contribution is 2.28. The summed E-state index contributed by atoms with van der Waals surface area (Å²) in [7, 11) is 1.77. The molecule has 4 heteroatoms. The Bertz CT molecular complexity index is 635. The van der Waals surface area contributed by atoms with E-state index in [-0.39, 0.29) is 0 Å². The Morgan fingerprint density at radius 1 is 1.35 bits per heavy atom. The summed E-state index contributed by atoms with van der Waals surface area (Å²) in [6, 6.07) is 10.1. The van der Waals surface area contributed by atoms with Crippen LogP contribution in [-0.4, -0.2) is 9.78 Å². The van der Waals surface area contributed by atoms with Crippen molar-refractivity contribution in [3.63, 3.8) is 0 Å². The van der Waals surface area contributed by atoms with Crippen molar-refractivity contribution in [1.29, 1.82) is 5.26 Å². The van der Waals surface area contributed by atoms with Crippen molar-refractivity contribution in [2.75, 3.05) is 0 Å². The molecule has 0 aliphatic heterocycles. The van der Waals surface area contributed by atoms with Crippen LogP contribution in [0.2, 0.25) is 0 Å². The van der Waals surface area contributed by atoms with E-state index in [0.717, 1.165) is 12.2 Å². The van der Waals surface area contributed by atoms with E-state index in [1.165, 1.54) is 5.56 Å². The lowest BCUT2D eigenvalue weighted by molar-refractivity contribution is 0.429. The lowest BCUT2D eigenvalue weighted by Crippen LogP contribution is -1.97. The maximum atomic E-state index is 9.16. The summed E-state index contributed by atoms with van der Waals surface area (Å²) in [6.07, 6.45) is 1.11. The molecular weight excluding hydrogens is 250 g/mol. The Hall–Kier alpha value is -2.28. The molecule has 0 fully saturated rings. The number of nitriles is 1. The Labute approximate surface area is 119 Å². The van der Waals surface area contributed by atoms with E-state index in [4.69, 9.17) is 10.00 Å². The fourth-order valence-corrected chi connectivity index (χ4v) is 2.09. The number of aromatic nitrogens is 2. The van der Waals surface area contributed by atoms with Crippen LogP contribution >= 0.6 is 0 Å². The zero-order valence-corrected chi connectivity index (χ0v) is 12.3. The minimum absolute atomic E-state index is 0.485. The molecule has 0 radical (unpaired) electrons. The quantitative estimate of drug-likeness (QED) is 0.845. The van der Waals surface area contributed by atoms with Crippen molar-refractivity contribution in [3.8, 4) is 17.7 Å². The summed E-state index contributed by atoms with van der Waals surface area (Å²) >= 11 is 0. The highest BCUT2D eigenvalue weighted by Gasteiger charge is 2.15. The van der Waals surface area contributed by atoms with E-state index in [9.17, 15) is 0 Å². The van der Waals surface area contributed by atoms with E-state index in [0.29, 0.717) is 23.1 Å². The molecule has 0 saturated carbocycles. The lowest BCUT2D eigenvalue weighted by Gasteiger charge is -2.10. The molecule has 1 aromatic carbocycles. The van der Waals surface area contributed by atoms with Crippen molar-refractivity contribution >= 4 is 0 Å². The van der Waals surface area contributed by atoms with Crippen LogP contribution in [0.5, 0.6) is 11.6 Å². The van der Waals surface area contributed by atoms with Crippen LogP contribution in [0.25, 0.3) is 0 Å². The molecule has 104 valence electrons. The SMILES string of the molecule is CCC(C)c1ccc(Oc2c(C#N)c(C)nn2C)cc1. The molecule has 0 bridgehead atoms. The number of ether oxygens (including phenoxy) is 1. The molecule has 4 nitrogen and oxygen atoms in total. The first-order valence-corrected chi connectivity index (χ1v) is 6.78. The van der Waals surface area contributed by atoms with Gasteiger partial charge in [0.15, 0.2) is 0 Å². The fraction of sp³-hybridized carbons (Fsp3) is 0.375. The number of nitrogens with zero attached hydrogens (tertiary/aromatic N) is 3. The lowest BCUT2D eigenvalue weighted by atomic mass is 9.99. The second-order valence-corrected chi connectivity index (χ2v) is 4.98. The molecular formula is C16H19N3O. The van der Waals surface area contributed by atoms with Crippen LogP contribution < -0.4 is 4.74 Å². The number of aryl methyl sites for hydroxylation is 2. The first kappa shape index (κ1) is 14.1. The van der Waals surface area contributed by atoms with Gasteiger partial charge in [0.2, 0.25) is 5.88 Å². The van der Waals surface area contributed by atoms with E-state index >= 15 is 0 Å². The molecule has 2 rings (SSSR count). The van der Waals surface area contributed by atoms with Gasteiger partial charge in [-0.2, -0.15) is 10.4 Å². The Morgan fingerprint density at radius 3 is 2.55 bits per heavy atom. The van der Waals surface area contributed by atoms with Gasteiger partial charge in [-0.15, -0.1) is 0 Å². The summed E-state index contributed by atoms with van der Waals surface area (Å²) in [6.45, 7) is 6.18. The number of hydrogen-bond donors (Lipinski definition) is 0. The largest absolute Gasteiger partial charge is 0.438 e. The van der Waals surface area contributed by atoms with Gasteiger partial charge in [0, 0.05) is 7.05 Å². The standard InChI is InChI=1S/C16H19N3O/c1-5-11(2)13-6-8-14(9-7-13)20-16-15(10-17)12(3)18-19(16)4/h6-9,11H,5H2,1-4H3. The van der Waals surface area contributed by atoms with Gasteiger partial charge in [0.05, 0.1) is 5.69 Å². The second-order valence-electron chi connectivity index (χ2n) is 4.98. The third-order valence-corrected chi connectivity index (χ3v) is 3.56. The van der Waals surface area contributed by atoms with Gasteiger partial charge in [0.1, 0.15) is 17.4 Å². The first-order valence-electron chi connectivity index (χ1n) is 6.78. The van der Waals surface area contributed by atoms with Crippen molar-refractivity contribution in [2.45, 2.75) is 33.1 Å². The van der Waals surface area contributed by atoms with Crippen LogP contribution in [0, 0.1) is 18.3 Å². The van der Waals surface area contributed by atoms with Gasteiger partial charge in [-0.05, 0) is 37.0 Å². The maximum Gasteiger partial charge on any atom is 0.235 e. The van der Waals surface area contributed by atoms with Crippen molar-refractivity contribution in [2.24, 2.45) is 7.05 Å². The van der Waals surface area contributed by atoms with Crippen molar-refractivity contribution < 1.29 is 4.74 Å². The predicted molar refractivity (Wildman–Crippen MR) is 77.9 cm³/mol. The summed E-state index contributed by atoms with van der Waals surface area (Å²) in [5, 5.41) is 13.4. The summed E-state index contributed by atoms with van der Waals surface area (Å²) in [5.41, 5.74) is 2.46. The van der Waals surface area contributed by atoms with Gasteiger partial charge < -0.3 is 4.74 Å². The molecule has 1 unspecified atom stereocenters. The Balaban J connectivity index is 2.25. The molecule has 20 heavy (non-hydrogen) atoms. The summed E-state index contributed by atoms with van der Waals surface area (Å²) < 4.78 is 7.39. The van der Waals surface area contributed by atoms with E-state index in [1.54, 1.807) is 18.7 Å². The smallest absolute Gasteiger partial charge is 0.235 e. The van der Waals surface area contributed by atoms with Gasteiger partial charge in [-0.1, -0.05) is 26.0 Å². The van der Waals surface area contributed by atoms with Gasteiger partial charge >= 0.3 is 0 Å². The highest BCUT2D eigenvalue weighted by molar-refractivity contribution is 5.44. The number of rotatable bonds is 4. The van der Waals surface area contributed by atoms with E-state index < -0.39 is 0 Å². The van der Waals surface area contributed by atoms with E-state index in [2.05, 4.69) is 37.1 Å². The molecule has 0 saturated heterocycles. The average molecular weight is 269 g/mol. The van der Waals surface area contributed by atoms with Crippen LogP contribution in [0.1, 0.15) is 43.0 Å². The second kappa shape index (κ2) is 5.79. The minimum atomic E-state index is 0.485. The molecule has 0 spiro atoms. The molecule has 1 atom stereocenters. The Morgan fingerprint density at radius 2 is 2.00 bits per heavy atom. The normalized spacial score (nSPS) is 11.9. The topological polar surface area (TPSA) is 50.8 Å². The number of hydrogen-bond acceptors (Lipinski definition) is 3. The van der Waals surface area contributed by atoms with Gasteiger partial charge in [-0.25, -0.2) is 4.68 Å². The molecule has 1 heterocycles. The Kier molecular flexibility index (Phi) is 4.09. The molecule has 1 aromatic heterocycles. The maximum absolute atomic E-state index is 9.16. The van der Waals surface area contributed by atoms with Gasteiger partial charge in [0.25, 0.3) is 0 Å². The molecule has 2 aromatic rings. The molecule has 0 aliphatic carbocycles. The summed E-state index contributed by atoms with van der Waals surface area (Å²) in [4.78, 5) is 0. The zero-order chi connectivity index (χ0) is 14.7. The van der Waals surface area contributed by atoms with Crippen molar-refractivity contribution in [3.05, 3.63) is 41.1 Å². The van der Waals surface area contributed by atoms with Crippen LogP contribution in [0.15, 0.2) is 24.3 Å². The van der Waals surface area contributed by atoms with E-state index in [1.807, 2.05) is 12.1 Å². The summed E-state index contributed by atoms with van der Waals surface area (Å²) in [5.74, 6) is 1.75. The molecule has 0 aliphatic rings. The average Bonchev–Trinajstić information content (AvgIpc) is 2.72. The van der Waals surface area contributed by atoms with Crippen LogP contribution in [0.4, 0.5) is 0 Å². The third kappa shape index (κ3) is 2.67. The zero-order valence-electron chi connectivity index (χ0n) is 12.3. The van der Waals surface area contributed by atoms with Gasteiger partial charge in [-0.3, -0.25) is 0 Å². The highest BCUT2D eigenvalue weighted by atomic mass is 16.5. The number of benzene rings is 1. The first-order chi connectivity index (χ1) is 9.56. The third-order valence-electron chi connectivity index (χ3n) is 3.56. The van der Waals surface area contributed by atoms with Crippen LogP contribution in [-0.2, 0) is 7.05 Å². The van der Waals surface area contributed by atoms with Crippen molar-refractivity contribution in [1.82, 2.24) is 9.78 Å². The van der Waals surface area contributed by atoms with Crippen LogP contribution in [0.3, 0.4) is 0 Å². The molecule has 0 N–H and O–H groups in total. The molecule has 0 amide bonds. The monoisotopic (exact) mass is 269 g/mol. The minimum Gasteiger partial charge on any atom is -0.438 e. The fourth-order valence-electron chi connectivity index (χ4n) is 2.09.